The molecule has 0 aliphatic carbocycles. The largest absolute Gasteiger partial charge is 0.479 e. The van der Waals surface area contributed by atoms with Gasteiger partial charge < -0.3 is 9.64 Å². The predicted molar refractivity (Wildman–Crippen MR) is 87.6 cm³/mol. The number of nitrogens with zero attached hydrogens (tertiary/aromatic N) is 1. The quantitative estimate of drug-likeness (QED) is 0.750. The monoisotopic (exact) mass is 303 g/mol. The van der Waals surface area contributed by atoms with Gasteiger partial charge in [-0.05, 0) is 43.9 Å². The van der Waals surface area contributed by atoms with Crippen LogP contribution in [-0.2, 0) is 4.79 Å². The maximum Gasteiger partial charge on any atom is 0.267 e. The number of rotatable bonds is 6. The van der Waals surface area contributed by atoms with Crippen molar-refractivity contribution >= 4 is 17.4 Å². The Morgan fingerprint density at radius 3 is 2.73 bits per heavy atom. The van der Waals surface area contributed by atoms with Gasteiger partial charge >= 0.3 is 0 Å². The molecule has 22 heavy (non-hydrogen) atoms. The number of carbonyl (C=O) groups excluding carboxylic acids is 2. The zero-order chi connectivity index (χ0) is 16.3. The molecule has 0 spiro atoms. The maximum absolute atomic E-state index is 12.4. The molecule has 1 atom stereocenters. The van der Waals surface area contributed by atoms with Crippen LogP contribution >= 0.6 is 0 Å². The summed E-state index contributed by atoms with van der Waals surface area (Å²) in [5.74, 6) is 1.27. The summed E-state index contributed by atoms with van der Waals surface area (Å²) in [6, 6.07) is 5.40. The molecule has 1 amide bonds. The smallest absolute Gasteiger partial charge is 0.267 e. The second kappa shape index (κ2) is 6.95. The Bertz CT molecular complexity index is 565. The standard InChI is InChI=1S/C18H25NO3/c1-5-6-16(20)14-7-8-17-15(11-14)19(10-9-12(2)3)18(21)13(4)22-17/h7-8,11-13H,5-6,9-10H2,1-4H3. The number of hydrogen-bond acceptors (Lipinski definition) is 3. The number of benzene rings is 1. The number of Topliss-reactive ketones (excluding diaryl/α,β-unsaturated/α-hetero) is 1. The van der Waals surface area contributed by atoms with Crippen LogP contribution in [0.3, 0.4) is 0 Å². The van der Waals surface area contributed by atoms with Crippen LogP contribution in [0.2, 0.25) is 0 Å². The second-order valence-corrected chi connectivity index (χ2v) is 6.29. The lowest BCUT2D eigenvalue weighted by atomic mass is 10.0. The van der Waals surface area contributed by atoms with E-state index >= 15 is 0 Å². The van der Waals surface area contributed by atoms with Gasteiger partial charge in [-0.1, -0.05) is 20.8 Å². The zero-order valence-electron chi connectivity index (χ0n) is 13.9. The summed E-state index contributed by atoms with van der Waals surface area (Å²) in [7, 11) is 0. The molecule has 0 saturated heterocycles. The van der Waals surface area contributed by atoms with Gasteiger partial charge in [-0.3, -0.25) is 9.59 Å². The summed E-state index contributed by atoms with van der Waals surface area (Å²) >= 11 is 0. The summed E-state index contributed by atoms with van der Waals surface area (Å²) in [6.07, 6.45) is 1.79. The van der Waals surface area contributed by atoms with E-state index in [4.69, 9.17) is 4.74 Å². The summed E-state index contributed by atoms with van der Waals surface area (Å²) < 4.78 is 5.67. The summed E-state index contributed by atoms with van der Waals surface area (Å²) in [4.78, 5) is 26.3. The van der Waals surface area contributed by atoms with E-state index in [-0.39, 0.29) is 11.7 Å². The lowest BCUT2D eigenvalue weighted by Gasteiger charge is -2.33. The van der Waals surface area contributed by atoms with Crippen molar-refractivity contribution < 1.29 is 14.3 Å². The van der Waals surface area contributed by atoms with E-state index in [0.717, 1.165) is 18.5 Å². The van der Waals surface area contributed by atoms with Gasteiger partial charge in [0.15, 0.2) is 11.9 Å². The van der Waals surface area contributed by atoms with E-state index < -0.39 is 6.10 Å². The average Bonchev–Trinajstić information content (AvgIpc) is 2.47. The number of carbonyl (C=O) groups is 2. The second-order valence-electron chi connectivity index (χ2n) is 6.29. The minimum atomic E-state index is -0.475. The Balaban J connectivity index is 2.34. The summed E-state index contributed by atoms with van der Waals surface area (Å²) in [6.45, 7) is 8.68. The normalized spacial score (nSPS) is 17.4. The molecule has 1 aliphatic heterocycles. The van der Waals surface area contributed by atoms with Crippen LogP contribution in [0.5, 0.6) is 5.75 Å². The molecule has 4 nitrogen and oxygen atoms in total. The third-order valence-corrected chi connectivity index (χ3v) is 3.90. The number of anilines is 1. The van der Waals surface area contributed by atoms with Crippen LogP contribution in [0.1, 0.15) is 57.3 Å². The minimum Gasteiger partial charge on any atom is -0.479 e. The predicted octanol–water partition coefficient (Wildman–Crippen LogP) is 3.83. The van der Waals surface area contributed by atoms with Crippen LogP contribution in [0.25, 0.3) is 0 Å². The van der Waals surface area contributed by atoms with E-state index in [9.17, 15) is 9.59 Å². The highest BCUT2D eigenvalue weighted by atomic mass is 16.5. The molecule has 120 valence electrons. The third-order valence-electron chi connectivity index (χ3n) is 3.90. The van der Waals surface area contributed by atoms with Gasteiger partial charge in [-0.15, -0.1) is 0 Å². The Labute approximate surface area is 132 Å². The fraction of sp³-hybridized carbons (Fsp3) is 0.556. The molecule has 4 heteroatoms. The maximum atomic E-state index is 12.4. The Hall–Kier alpha value is -1.84. The van der Waals surface area contributed by atoms with Crippen molar-refractivity contribution in [2.24, 2.45) is 5.92 Å². The molecule has 2 rings (SSSR count). The summed E-state index contributed by atoms with van der Waals surface area (Å²) in [5, 5.41) is 0. The van der Waals surface area contributed by atoms with Crippen LogP contribution < -0.4 is 9.64 Å². The molecule has 0 radical (unpaired) electrons. The van der Waals surface area contributed by atoms with Gasteiger partial charge in [-0.2, -0.15) is 0 Å². The minimum absolute atomic E-state index is 0.0340. The molecular weight excluding hydrogens is 278 g/mol. The van der Waals surface area contributed by atoms with E-state index in [1.165, 1.54) is 0 Å². The Kier molecular flexibility index (Phi) is 5.22. The summed E-state index contributed by atoms with van der Waals surface area (Å²) in [5.41, 5.74) is 1.38. The first kappa shape index (κ1) is 16.5. The van der Waals surface area contributed by atoms with Crippen molar-refractivity contribution in [3.05, 3.63) is 23.8 Å². The number of ether oxygens (including phenoxy) is 1. The molecule has 0 saturated carbocycles. The molecular formula is C18H25NO3. The molecule has 0 N–H and O–H groups in total. The molecule has 1 unspecified atom stereocenters. The van der Waals surface area contributed by atoms with Gasteiger partial charge in [0.25, 0.3) is 5.91 Å². The number of amides is 1. The van der Waals surface area contributed by atoms with Gasteiger partial charge in [0, 0.05) is 18.5 Å². The Morgan fingerprint density at radius 1 is 1.36 bits per heavy atom. The SMILES string of the molecule is CCCC(=O)c1ccc2c(c1)N(CCC(C)C)C(=O)C(C)O2. The fourth-order valence-corrected chi connectivity index (χ4v) is 2.57. The van der Waals surface area contributed by atoms with E-state index in [1.54, 1.807) is 24.0 Å². The number of fused-ring (bicyclic) bond motifs is 1. The molecule has 1 heterocycles. The number of hydrogen-bond donors (Lipinski definition) is 0. The van der Waals surface area contributed by atoms with Crippen molar-refractivity contribution in [1.29, 1.82) is 0 Å². The fourth-order valence-electron chi connectivity index (χ4n) is 2.57. The first-order valence-electron chi connectivity index (χ1n) is 8.09. The van der Waals surface area contributed by atoms with Gasteiger partial charge in [0.2, 0.25) is 0 Å². The van der Waals surface area contributed by atoms with Crippen molar-refractivity contribution in [3.63, 3.8) is 0 Å². The van der Waals surface area contributed by atoms with Crippen molar-refractivity contribution in [3.8, 4) is 5.75 Å². The lowest BCUT2D eigenvalue weighted by molar-refractivity contribution is -0.125. The van der Waals surface area contributed by atoms with Gasteiger partial charge in [-0.25, -0.2) is 0 Å². The van der Waals surface area contributed by atoms with Crippen LogP contribution in [0.15, 0.2) is 18.2 Å². The lowest BCUT2D eigenvalue weighted by Crippen LogP contribution is -2.45. The highest BCUT2D eigenvalue weighted by Crippen LogP contribution is 2.35. The molecule has 1 aliphatic rings. The first-order valence-corrected chi connectivity index (χ1v) is 8.09. The molecule has 1 aromatic carbocycles. The van der Waals surface area contributed by atoms with Crippen molar-refractivity contribution in [1.82, 2.24) is 0 Å². The van der Waals surface area contributed by atoms with Gasteiger partial charge in [0.1, 0.15) is 5.75 Å². The molecule has 0 bridgehead atoms. The van der Waals surface area contributed by atoms with Crippen molar-refractivity contribution in [2.75, 3.05) is 11.4 Å². The highest BCUT2D eigenvalue weighted by molar-refractivity contribution is 6.03. The molecule has 0 fully saturated rings. The van der Waals surface area contributed by atoms with E-state index in [2.05, 4.69) is 13.8 Å². The van der Waals surface area contributed by atoms with Crippen LogP contribution in [-0.4, -0.2) is 24.3 Å². The van der Waals surface area contributed by atoms with E-state index in [0.29, 0.717) is 30.2 Å². The van der Waals surface area contributed by atoms with Crippen LogP contribution in [0, 0.1) is 5.92 Å². The van der Waals surface area contributed by atoms with Crippen LogP contribution in [0.4, 0.5) is 5.69 Å². The van der Waals surface area contributed by atoms with E-state index in [1.807, 2.05) is 13.0 Å². The topological polar surface area (TPSA) is 46.6 Å². The number of ketones is 1. The molecule has 0 aromatic heterocycles. The van der Waals surface area contributed by atoms with Crippen molar-refractivity contribution in [2.45, 2.75) is 53.1 Å². The third kappa shape index (κ3) is 3.49. The zero-order valence-corrected chi connectivity index (χ0v) is 13.9. The Morgan fingerprint density at radius 2 is 2.09 bits per heavy atom. The first-order chi connectivity index (χ1) is 10.4. The highest BCUT2D eigenvalue weighted by Gasteiger charge is 2.31. The molecule has 1 aromatic rings. The van der Waals surface area contributed by atoms with Gasteiger partial charge in [0.05, 0.1) is 5.69 Å². The average molecular weight is 303 g/mol.